The zero-order chi connectivity index (χ0) is 40.3. The van der Waals surface area contributed by atoms with Crippen LogP contribution in [0.15, 0.2) is 218 Å². The molecule has 0 fully saturated rings. The SMILES string of the molecule is c1ccc(-c2nc(-c3ccc(-c4cccc5cccc(-c6ccc(-c7cccc8ccccc78)cc6)c45)cc3)nc(-n3c4ccccc4c4c5ccccc5ccc43)n2)cc1. The predicted octanol–water partition coefficient (Wildman–Crippen LogP) is 14.8. The van der Waals surface area contributed by atoms with Crippen molar-refractivity contribution in [2.24, 2.45) is 0 Å². The summed E-state index contributed by atoms with van der Waals surface area (Å²) < 4.78 is 2.19. The zero-order valence-corrected chi connectivity index (χ0v) is 33.1. The smallest absolute Gasteiger partial charge is 0.238 e. The fraction of sp³-hybridized carbons (Fsp3) is 0. The number of benzene rings is 10. The number of fused-ring (bicyclic) bond motifs is 7. The van der Waals surface area contributed by atoms with Gasteiger partial charge in [0.25, 0.3) is 0 Å². The molecule has 0 aliphatic rings. The van der Waals surface area contributed by atoms with Gasteiger partial charge in [-0.25, -0.2) is 4.98 Å². The number of hydrogen-bond acceptors (Lipinski definition) is 3. The minimum Gasteiger partial charge on any atom is -0.278 e. The van der Waals surface area contributed by atoms with Crippen LogP contribution in [0.2, 0.25) is 0 Å². The van der Waals surface area contributed by atoms with Crippen molar-refractivity contribution >= 4 is 54.1 Å². The molecule has 10 aromatic carbocycles. The van der Waals surface area contributed by atoms with E-state index in [1.54, 1.807) is 0 Å². The number of nitrogens with zero attached hydrogens (tertiary/aromatic N) is 4. The molecule has 0 N–H and O–H groups in total. The largest absolute Gasteiger partial charge is 0.278 e. The van der Waals surface area contributed by atoms with E-state index >= 15 is 0 Å². The second-order valence-corrected chi connectivity index (χ2v) is 15.6. The summed E-state index contributed by atoms with van der Waals surface area (Å²) in [5.41, 5.74) is 11.1. The van der Waals surface area contributed by atoms with E-state index in [4.69, 9.17) is 15.0 Å². The van der Waals surface area contributed by atoms with Crippen LogP contribution in [0, 0.1) is 0 Å². The number of aromatic nitrogens is 4. The van der Waals surface area contributed by atoms with Crippen LogP contribution in [0.4, 0.5) is 0 Å². The molecule has 0 atom stereocenters. The lowest BCUT2D eigenvalue weighted by Gasteiger charge is -2.14. The number of rotatable bonds is 6. The fourth-order valence-electron chi connectivity index (χ4n) is 9.19. The highest BCUT2D eigenvalue weighted by Gasteiger charge is 2.19. The van der Waals surface area contributed by atoms with Crippen LogP contribution >= 0.6 is 0 Å². The molecule has 284 valence electrons. The van der Waals surface area contributed by atoms with E-state index in [0.29, 0.717) is 17.6 Å². The normalized spacial score (nSPS) is 11.6. The van der Waals surface area contributed by atoms with E-state index < -0.39 is 0 Å². The van der Waals surface area contributed by atoms with Gasteiger partial charge < -0.3 is 0 Å². The fourth-order valence-corrected chi connectivity index (χ4v) is 9.19. The third-order valence-corrected chi connectivity index (χ3v) is 12.1. The number of hydrogen-bond donors (Lipinski definition) is 0. The minimum absolute atomic E-state index is 0.583. The first kappa shape index (κ1) is 34.8. The second kappa shape index (κ2) is 14.3. The van der Waals surface area contributed by atoms with Gasteiger partial charge in [-0.1, -0.05) is 206 Å². The Bertz CT molecular complexity index is 3610. The van der Waals surface area contributed by atoms with Crippen molar-refractivity contribution in [3.8, 4) is 62.1 Å². The molecule has 0 aliphatic carbocycles. The van der Waals surface area contributed by atoms with Gasteiger partial charge in [0.1, 0.15) is 0 Å². The topological polar surface area (TPSA) is 43.6 Å². The molecule has 0 aliphatic heterocycles. The van der Waals surface area contributed by atoms with Gasteiger partial charge in [-0.05, 0) is 77.8 Å². The van der Waals surface area contributed by atoms with Crippen LogP contribution in [0.3, 0.4) is 0 Å². The predicted molar refractivity (Wildman–Crippen MR) is 254 cm³/mol. The molecule has 4 nitrogen and oxygen atoms in total. The Balaban J connectivity index is 0.970. The zero-order valence-electron chi connectivity index (χ0n) is 33.1. The monoisotopic (exact) mass is 776 g/mol. The Morgan fingerprint density at radius 2 is 0.738 bits per heavy atom. The Labute approximate surface area is 352 Å². The summed E-state index contributed by atoms with van der Waals surface area (Å²) in [6.07, 6.45) is 0. The summed E-state index contributed by atoms with van der Waals surface area (Å²) in [7, 11) is 0. The third kappa shape index (κ3) is 5.88. The maximum absolute atomic E-state index is 5.24. The standard InChI is InChI=1S/C57H36N4/c1-2-15-43(16-3-1)55-58-56(60-57(59-55)61-51-26-9-8-22-50(51)54-49-21-7-5-14-38(49)35-36-52(54)61)44-33-31-41(32-34-44)48-25-12-19-42-18-11-24-47(53(42)48)40-29-27-39(28-30-40)46-23-10-17-37-13-4-6-20-45(37)46/h1-36H. The van der Waals surface area contributed by atoms with Gasteiger partial charge in [0, 0.05) is 21.9 Å². The van der Waals surface area contributed by atoms with Crippen molar-refractivity contribution in [1.29, 1.82) is 0 Å². The van der Waals surface area contributed by atoms with Gasteiger partial charge in [0.2, 0.25) is 5.95 Å². The molecule has 0 spiro atoms. The van der Waals surface area contributed by atoms with Crippen molar-refractivity contribution in [3.63, 3.8) is 0 Å². The van der Waals surface area contributed by atoms with Crippen LogP contribution in [-0.4, -0.2) is 19.5 Å². The molecule has 2 heterocycles. The first-order valence-electron chi connectivity index (χ1n) is 20.7. The van der Waals surface area contributed by atoms with E-state index in [0.717, 1.165) is 33.1 Å². The highest BCUT2D eigenvalue weighted by atomic mass is 15.2. The summed E-state index contributed by atoms with van der Waals surface area (Å²) >= 11 is 0. The highest BCUT2D eigenvalue weighted by molar-refractivity contribution is 6.21. The quantitative estimate of drug-likeness (QED) is 0.169. The van der Waals surface area contributed by atoms with Gasteiger partial charge in [0.15, 0.2) is 11.6 Å². The van der Waals surface area contributed by atoms with Gasteiger partial charge in [-0.15, -0.1) is 0 Å². The van der Waals surface area contributed by atoms with Crippen molar-refractivity contribution in [2.45, 2.75) is 0 Å². The van der Waals surface area contributed by atoms with Gasteiger partial charge in [-0.3, -0.25) is 4.57 Å². The van der Waals surface area contributed by atoms with Gasteiger partial charge in [-0.2, -0.15) is 9.97 Å². The Hall–Kier alpha value is -8.21. The second-order valence-electron chi connectivity index (χ2n) is 15.6. The Kier molecular flexibility index (Phi) is 8.13. The van der Waals surface area contributed by atoms with Crippen LogP contribution < -0.4 is 0 Å². The summed E-state index contributed by atoms with van der Waals surface area (Å²) in [6, 6.07) is 77.7. The molecular formula is C57H36N4. The first-order valence-corrected chi connectivity index (χ1v) is 20.7. The summed E-state index contributed by atoms with van der Waals surface area (Å²) in [6.45, 7) is 0. The maximum Gasteiger partial charge on any atom is 0.238 e. The lowest BCUT2D eigenvalue weighted by molar-refractivity contribution is 0.953. The van der Waals surface area contributed by atoms with E-state index in [1.807, 2.05) is 18.2 Å². The highest BCUT2D eigenvalue weighted by Crippen LogP contribution is 2.40. The van der Waals surface area contributed by atoms with E-state index in [9.17, 15) is 0 Å². The molecule has 61 heavy (non-hydrogen) atoms. The summed E-state index contributed by atoms with van der Waals surface area (Å²) in [5.74, 6) is 1.83. The van der Waals surface area contributed by atoms with Crippen LogP contribution in [0.25, 0.3) is 116 Å². The molecule has 0 saturated carbocycles. The Morgan fingerprint density at radius 3 is 1.41 bits per heavy atom. The molecule has 12 rings (SSSR count). The molecule has 0 unspecified atom stereocenters. The molecule has 2 aromatic heterocycles. The van der Waals surface area contributed by atoms with E-state index in [-0.39, 0.29) is 0 Å². The van der Waals surface area contributed by atoms with Crippen molar-refractivity contribution in [2.75, 3.05) is 0 Å². The van der Waals surface area contributed by atoms with Crippen molar-refractivity contribution < 1.29 is 0 Å². The van der Waals surface area contributed by atoms with Crippen LogP contribution in [0.1, 0.15) is 0 Å². The summed E-state index contributed by atoms with van der Waals surface area (Å²) in [4.78, 5) is 15.5. The number of para-hydroxylation sites is 1. The molecule has 0 saturated heterocycles. The van der Waals surface area contributed by atoms with Gasteiger partial charge >= 0.3 is 0 Å². The maximum atomic E-state index is 5.24. The minimum atomic E-state index is 0.583. The average molecular weight is 777 g/mol. The van der Waals surface area contributed by atoms with Crippen LogP contribution in [-0.2, 0) is 0 Å². The van der Waals surface area contributed by atoms with Crippen molar-refractivity contribution in [3.05, 3.63) is 218 Å². The lowest BCUT2D eigenvalue weighted by Crippen LogP contribution is -2.06. The first-order chi connectivity index (χ1) is 30.2. The van der Waals surface area contributed by atoms with E-state index in [2.05, 4.69) is 205 Å². The third-order valence-electron chi connectivity index (χ3n) is 12.1. The molecule has 0 radical (unpaired) electrons. The summed E-state index contributed by atoms with van der Waals surface area (Å²) in [5, 5.41) is 9.70. The molecule has 0 bridgehead atoms. The van der Waals surface area contributed by atoms with Crippen molar-refractivity contribution in [1.82, 2.24) is 19.5 Å². The van der Waals surface area contributed by atoms with Crippen LogP contribution in [0.5, 0.6) is 0 Å². The molecule has 0 amide bonds. The molecular weight excluding hydrogens is 741 g/mol. The molecule has 4 heteroatoms. The molecule has 12 aromatic rings. The van der Waals surface area contributed by atoms with Gasteiger partial charge in [0.05, 0.1) is 11.0 Å². The Morgan fingerprint density at radius 1 is 0.262 bits per heavy atom. The van der Waals surface area contributed by atoms with E-state index in [1.165, 1.54) is 65.5 Å². The lowest BCUT2D eigenvalue weighted by atomic mass is 9.90. The average Bonchev–Trinajstić information content (AvgIpc) is 3.69.